The van der Waals surface area contributed by atoms with Gasteiger partial charge in [-0.05, 0) is 17.7 Å². The van der Waals surface area contributed by atoms with Crippen LogP contribution in [0.25, 0.3) is 5.69 Å². The third-order valence-electron chi connectivity index (χ3n) is 3.68. The van der Waals surface area contributed by atoms with Crippen LogP contribution in [0.2, 0.25) is 0 Å². The maximum absolute atomic E-state index is 12.3. The van der Waals surface area contributed by atoms with Crippen molar-refractivity contribution in [3.8, 4) is 5.69 Å². The summed E-state index contributed by atoms with van der Waals surface area (Å²) in [5, 5.41) is 2.05. The van der Waals surface area contributed by atoms with E-state index in [9.17, 15) is 27.6 Å². The molecule has 2 aromatic rings. The Hall–Kier alpha value is -3.14. The number of pyridine rings is 1. The highest BCUT2D eigenvalue weighted by molar-refractivity contribution is 6.23. The van der Waals surface area contributed by atoms with E-state index in [4.69, 9.17) is 5.73 Å². The number of rotatable bonds is 4. The molecule has 0 bridgehead atoms. The van der Waals surface area contributed by atoms with E-state index in [1.165, 1.54) is 24.3 Å². The summed E-state index contributed by atoms with van der Waals surface area (Å²) in [5.74, 6) is -1.59. The van der Waals surface area contributed by atoms with Gasteiger partial charge in [0.15, 0.2) is 0 Å². The first kappa shape index (κ1) is 17.7. The van der Waals surface area contributed by atoms with E-state index in [0.717, 1.165) is 10.6 Å². The van der Waals surface area contributed by atoms with Crippen molar-refractivity contribution >= 4 is 17.6 Å². The molecule has 0 atom stereocenters. The molecule has 1 aromatic carbocycles. The Balaban J connectivity index is 1.89. The number of nitrogens with zero attached hydrogens (tertiary/aromatic N) is 1. The fourth-order valence-corrected chi connectivity index (χ4v) is 2.57. The minimum atomic E-state index is -4.41. The lowest BCUT2D eigenvalue weighted by atomic mass is 10.1. The van der Waals surface area contributed by atoms with Crippen molar-refractivity contribution in [2.24, 2.45) is 0 Å². The first-order chi connectivity index (χ1) is 12.2. The Morgan fingerprint density at radius 3 is 2.35 bits per heavy atom. The third-order valence-corrected chi connectivity index (χ3v) is 3.68. The number of ether oxygens (including phenoxy) is 1. The highest BCUT2D eigenvalue weighted by atomic mass is 19.4. The summed E-state index contributed by atoms with van der Waals surface area (Å²) < 4.78 is 41.8. The van der Waals surface area contributed by atoms with Gasteiger partial charge in [0, 0.05) is 6.07 Å². The lowest BCUT2D eigenvalue weighted by Crippen LogP contribution is -2.24. The number of halogens is 3. The van der Waals surface area contributed by atoms with Crippen molar-refractivity contribution in [3.05, 3.63) is 57.4 Å². The van der Waals surface area contributed by atoms with Crippen LogP contribution >= 0.6 is 0 Å². The molecule has 0 fully saturated rings. The molecule has 0 aliphatic carbocycles. The molecular weight excluding hydrogens is 355 g/mol. The van der Waals surface area contributed by atoms with Gasteiger partial charge in [-0.15, -0.1) is 0 Å². The summed E-state index contributed by atoms with van der Waals surface area (Å²) in [6.45, 7) is -1.62. The Morgan fingerprint density at radius 1 is 1.08 bits per heavy atom. The number of carbonyl (C=O) groups is 2. The van der Waals surface area contributed by atoms with Crippen LogP contribution in [-0.4, -0.2) is 29.2 Å². The van der Waals surface area contributed by atoms with Crippen molar-refractivity contribution < 1.29 is 27.5 Å². The largest absolute Gasteiger partial charge is 0.411 e. The van der Waals surface area contributed by atoms with Crippen molar-refractivity contribution in [2.75, 3.05) is 12.3 Å². The number of nitrogens with one attached hydrogen (secondary N) is 1. The topological polar surface area (TPSA) is 103 Å². The zero-order valence-electron chi connectivity index (χ0n) is 13.1. The van der Waals surface area contributed by atoms with Gasteiger partial charge in [0.25, 0.3) is 17.4 Å². The van der Waals surface area contributed by atoms with E-state index in [1.807, 2.05) is 0 Å². The van der Waals surface area contributed by atoms with Crippen molar-refractivity contribution in [1.82, 2.24) is 9.88 Å². The highest BCUT2D eigenvalue weighted by Gasteiger charge is 2.31. The first-order valence-electron chi connectivity index (χ1n) is 7.32. The maximum atomic E-state index is 12.3. The SMILES string of the molecule is Nc1c2c(cc(=O)n1-c1ccc(COCC(F)(F)F)cc1)C(=O)NC2=O. The van der Waals surface area contributed by atoms with Crippen molar-refractivity contribution in [3.63, 3.8) is 0 Å². The predicted molar refractivity (Wildman–Crippen MR) is 84.0 cm³/mol. The fraction of sp³-hybridized carbons (Fsp3) is 0.188. The lowest BCUT2D eigenvalue weighted by molar-refractivity contribution is -0.176. The van der Waals surface area contributed by atoms with Gasteiger partial charge in [-0.25, -0.2) is 0 Å². The molecule has 1 aliphatic heterocycles. The second kappa shape index (κ2) is 6.30. The zero-order valence-corrected chi connectivity index (χ0v) is 13.1. The molecule has 26 heavy (non-hydrogen) atoms. The van der Waals surface area contributed by atoms with Gasteiger partial charge in [0.2, 0.25) is 0 Å². The number of nitrogens with two attached hydrogens (primary N) is 1. The molecule has 2 heterocycles. The summed E-state index contributed by atoms with van der Waals surface area (Å²) in [6.07, 6.45) is -4.41. The second-order valence-corrected chi connectivity index (χ2v) is 5.55. The number of alkyl halides is 3. The van der Waals surface area contributed by atoms with Gasteiger partial charge in [-0.1, -0.05) is 12.1 Å². The number of nitrogen functional groups attached to an aromatic ring is 1. The van der Waals surface area contributed by atoms with Crippen LogP contribution in [0.4, 0.5) is 19.0 Å². The molecule has 0 saturated heterocycles. The van der Waals surface area contributed by atoms with Gasteiger partial charge >= 0.3 is 6.18 Å². The molecule has 1 aliphatic rings. The molecule has 0 spiro atoms. The Morgan fingerprint density at radius 2 is 1.73 bits per heavy atom. The molecular formula is C16H12F3N3O4. The molecule has 3 N–H and O–H groups in total. The average molecular weight is 367 g/mol. The summed E-state index contributed by atoms with van der Waals surface area (Å²) in [7, 11) is 0. The Kier molecular flexibility index (Phi) is 4.28. The minimum Gasteiger partial charge on any atom is -0.384 e. The molecule has 3 rings (SSSR count). The maximum Gasteiger partial charge on any atom is 0.411 e. The number of benzene rings is 1. The average Bonchev–Trinajstić information content (AvgIpc) is 2.82. The van der Waals surface area contributed by atoms with Crippen LogP contribution in [0.5, 0.6) is 0 Å². The van der Waals surface area contributed by atoms with Gasteiger partial charge < -0.3 is 10.5 Å². The number of hydrogen-bond acceptors (Lipinski definition) is 5. The normalized spacial score (nSPS) is 13.7. The molecule has 2 amide bonds. The van der Waals surface area contributed by atoms with Gasteiger partial charge in [-0.3, -0.25) is 24.3 Å². The zero-order chi connectivity index (χ0) is 19.1. The number of imide groups is 1. The standard InChI is InChI=1S/C16H12F3N3O4/c17-16(18,19)7-26-6-8-1-3-9(4-2-8)22-11(23)5-10-12(13(22)20)15(25)21-14(10)24/h1-5H,6-7,20H2,(H,21,24,25). The molecule has 0 radical (unpaired) electrons. The molecule has 1 aromatic heterocycles. The van der Waals surface area contributed by atoms with Crippen LogP contribution in [0.1, 0.15) is 26.3 Å². The van der Waals surface area contributed by atoms with Crippen LogP contribution < -0.4 is 16.6 Å². The molecule has 0 unspecified atom stereocenters. The first-order valence-corrected chi connectivity index (χ1v) is 7.32. The number of amides is 2. The Bertz CT molecular complexity index is 949. The second-order valence-electron chi connectivity index (χ2n) is 5.55. The van der Waals surface area contributed by atoms with E-state index >= 15 is 0 Å². The summed E-state index contributed by atoms with van der Waals surface area (Å²) in [5.41, 5.74) is 5.84. The van der Waals surface area contributed by atoms with Gasteiger partial charge in [-0.2, -0.15) is 13.2 Å². The molecule has 0 saturated carbocycles. The Labute approximate surface area is 144 Å². The number of anilines is 1. The number of fused-ring (bicyclic) bond motifs is 1. The number of aromatic nitrogens is 1. The summed E-state index contributed by atoms with van der Waals surface area (Å²) >= 11 is 0. The number of hydrogen-bond donors (Lipinski definition) is 2. The lowest BCUT2D eigenvalue weighted by Gasteiger charge is -2.12. The van der Waals surface area contributed by atoms with Gasteiger partial charge in [0.1, 0.15) is 12.4 Å². The smallest absolute Gasteiger partial charge is 0.384 e. The van der Waals surface area contributed by atoms with Crippen LogP contribution in [0.15, 0.2) is 35.1 Å². The number of carbonyl (C=O) groups excluding carboxylic acids is 2. The molecule has 7 nitrogen and oxygen atoms in total. The highest BCUT2D eigenvalue weighted by Crippen LogP contribution is 2.23. The third kappa shape index (κ3) is 3.31. The molecule has 10 heteroatoms. The van der Waals surface area contributed by atoms with Crippen LogP contribution in [0, 0.1) is 0 Å². The summed E-state index contributed by atoms with van der Waals surface area (Å²) in [4.78, 5) is 35.7. The van der Waals surface area contributed by atoms with Gasteiger partial charge in [0.05, 0.1) is 23.4 Å². The quantitative estimate of drug-likeness (QED) is 0.795. The van der Waals surface area contributed by atoms with E-state index in [0.29, 0.717) is 11.3 Å². The molecule has 136 valence electrons. The van der Waals surface area contributed by atoms with Crippen LogP contribution in [0.3, 0.4) is 0 Å². The van der Waals surface area contributed by atoms with Crippen molar-refractivity contribution in [2.45, 2.75) is 12.8 Å². The van der Waals surface area contributed by atoms with E-state index < -0.39 is 30.2 Å². The minimum absolute atomic E-state index is 0.0906. The van der Waals surface area contributed by atoms with E-state index in [1.54, 1.807) is 0 Å². The summed E-state index contributed by atoms with van der Waals surface area (Å²) in [6, 6.07) is 6.84. The predicted octanol–water partition coefficient (Wildman–Crippen LogP) is 1.38. The monoisotopic (exact) mass is 367 g/mol. The van der Waals surface area contributed by atoms with E-state index in [-0.39, 0.29) is 23.6 Å². The van der Waals surface area contributed by atoms with E-state index in [2.05, 4.69) is 10.1 Å². The van der Waals surface area contributed by atoms with Crippen molar-refractivity contribution in [1.29, 1.82) is 0 Å². The van der Waals surface area contributed by atoms with Crippen LogP contribution in [-0.2, 0) is 11.3 Å². The fourth-order valence-electron chi connectivity index (χ4n) is 2.57.